The normalized spacial score (nSPS) is 11.5. The molecule has 1 atom stereocenters. The summed E-state index contributed by atoms with van der Waals surface area (Å²) in [5.41, 5.74) is 1.77. The number of rotatable bonds is 8. The second kappa shape index (κ2) is 10.1. The van der Waals surface area contributed by atoms with Crippen molar-refractivity contribution in [1.82, 2.24) is 5.32 Å². The molecule has 5 heteroatoms. The van der Waals surface area contributed by atoms with Crippen molar-refractivity contribution < 1.29 is 4.79 Å². The van der Waals surface area contributed by atoms with Crippen molar-refractivity contribution in [3.05, 3.63) is 65.7 Å². The molecule has 0 aromatic heterocycles. The molecule has 0 aliphatic rings. The van der Waals surface area contributed by atoms with E-state index in [-0.39, 0.29) is 11.2 Å². The fourth-order valence-corrected chi connectivity index (χ4v) is 3.86. The fraction of sp³-hybridized carbons (Fsp3) is 0.263. The predicted octanol–water partition coefficient (Wildman–Crippen LogP) is 4.09. The minimum atomic E-state index is -0.114. The van der Waals surface area contributed by atoms with Gasteiger partial charge < -0.3 is 5.32 Å². The molecule has 0 bridgehead atoms. The summed E-state index contributed by atoms with van der Waals surface area (Å²) in [5.74, 6) is 1.67. The molecule has 0 fully saturated rings. The number of nitrogens with zero attached hydrogens (tertiary/aromatic N) is 1. The Morgan fingerprint density at radius 2 is 1.88 bits per heavy atom. The zero-order chi connectivity index (χ0) is 17.2. The lowest BCUT2D eigenvalue weighted by molar-refractivity contribution is -0.120. The Hall–Kier alpha value is -1.90. The Morgan fingerprint density at radius 3 is 2.62 bits per heavy atom. The zero-order valence-electron chi connectivity index (χ0n) is 13.6. The van der Waals surface area contributed by atoms with Crippen LogP contribution in [0.2, 0.25) is 0 Å². The maximum Gasteiger partial charge on any atom is 0.233 e. The molecule has 24 heavy (non-hydrogen) atoms. The largest absolute Gasteiger partial charge is 0.354 e. The molecule has 1 unspecified atom stereocenters. The topological polar surface area (TPSA) is 52.9 Å². The zero-order valence-corrected chi connectivity index (χ0v) is 15.2. The summed E-state index contributed by atoms with van der Waals surface area (Å²) in [6.45, 7) is 2.56. The van der Waals surface area contributed by atoms with Crippen LogP contribution < -0.4 is 5.32 Å². The summed E-state index contributed by atoms with van der Waals surface area (Å²) in [7, 11) is 0. The van der Waals surface area contributed by atoms with E-state index in [1.165, 1.54) is 0 Å². The molecule has 3 nitrogen and oxygen atoms in total. The molecule has 2 rings (SSSR count). The van der Waals surface area contributed by atoms with Crippen molar-refractivity contribution >= 4 is 29.4 Å². The van der Waals surface area contributed by atoms with Gasteiger partial charge in [-0.15, -0.1) is 11.8 Å². The van der Waals surface area contributed by atoms with Crippen molar-refractivity contribution in [3.8, 4) is 6.07 Å². The van der Waals surface area contributed by atoms with E-state index in [0.717, 1.165) is 27.5 Å². The maximum atomic E-state index is 12.1. The van der Waals surface area contributed by atoms with Gasteiger partial charge in [-0.05, 0) is 30.7 Å². The van der Waals surface area contributed by atoms with Crippen molar-refractivity contribution in [3.63, 3.8) is 0 Å². The van der Waals surface area contributed by atoms with Crippen molar-refractivity contribution in [1.29, 1.82) is 5.26 Å². The van der Waals surface area contributed by atoms with Crippen molar-refractivity contribution in [2.45, 2.75) is 22.8 Å². The van der Waals surface area contributed by atoms with Crippen LogP contribution in [0, 0.1) is 11.3 Å². The molecular weight excluding hydrogens is 336 g/mol. The van der Waals surface area contributed by atoms with Gasteiger partial charge in [-0.25, -0.2) is 0 Å². The molecule has 0 spiro atoms. The smallest absolute Gasteiger partial charge is 0.233 e. The first kappa shape index (κ1) is 18.4. The third-order valence-electron chi connectivity index (χ3n) is 3.37. The quantitative estimate of drug-likeness (QED) is 0.572. The van der Waals surface area contributed by atoms with E-state index in [1.807, 2.05) is 61.5 Å². The van der Waals surface area contributed by atoms with Crippen LogP contribution >= 0.6 is 23.5 Å². The number of benzene rings is 2. The summed E-state index contributed by atoms with van der Waals surface area (Å²) in [5, 5.41) is 11.9. The molecular formula is C19H20N2OS2. The molecule has 1 N–H and O–H groups in total. The molecule has 124 valence electrons. The number of amides is 1. The standard InChI is InChI=1S/C19H20N2OS2/c1-15(24-18-9-3-2-4-10-18)19(22)21-11-12-23-14-17-8-6-5-7-16(17)13-20/h2-10,15H,11-12,14H2,1H3,(H,21,22). The maximum absolute atomic E-state index is 12.1. The number of hydrogen-bond donors (Lipinski definition) is 1. The van der Waals surface area contributed by atoms with Crippen LogP contribution in [0.25, 0.3) is 0 Å². The van der Waals surface area contributed by atoms with Crippen molar-refractivity contribution in [2.24, 2.45) is 0 Å². The molecule has 1 amide bonds. The van der Waals surface area contributed by atoms with E-state index in [0.29, 0.717) is 6.54 Å². The highest BCUT2D eigenvalue weighted by molar-refractivity contribution is 8.00. The second-order valence-electron chi connectivity index (χ2n) is 5.19. The third kappa shape index (κ3) is 5.95. The molecule has 0 aliphatic carbocycles. The van der Waals surface area contributed by atoms with Crippen LogP contribution in [-0.2, 0) is 10.5 Å². The highest BCUT2D eigenvalue weighted by Gasteiger charge is 2.13. The van der Waals surface area contributed by atoms with Gasteiger partial charge in [-0.1, -0.05) is 36.4 Å². The summed E-state index contributed by atoms with van der Waals surface area (Å²) in [6, 6.07) is 19.8. The highest BCUT2D eigenvalue weighted by Crippen LogP contribution is 2.22. The molecule has 2 aromatic rings. The Balaban J connectivity index is 1.66. The Morgan fingerprint density at radius 1 is 1.17 bits per heavy atom. The van der Waals surface area contributed by atoms with E-state index in [4.69, 9.17) is 5.26 Å². The minimum Gasteiger partial charge on any atom is -0.354 e. The molecule has 0 saturated heterocycles. The number of carbonyl (C=O) groups is 1. The lowest BCUT2D eigenvalue weighted by atomic mass is 10.1. The van der Waals surface area contributed by atoms with Crippen LogP contribution in [0.1, 0.15) is 18.1 Å². The molecule has 0 saturated carbocycles. The van der Waals surface area contributed by atoms with E-state index in [2.05, 4.69) is 11.4 Å². The highest BCUT2D eigenvalue weighted by atomic mass is 32.2. The lowest BCUT2D eigenvalue weighted by Gasteiger charge is -2.12. The van der Waals surface area contributed by atoms with Gasteiger partial charge in [0.05, 0.1) is 16.9 Å². The van der Waals surface area contributed by atoms with Crippen LogP contribution in [0.5, 0.6) is 0 Å². The van der Waals surface area contributed by atoms with Crippen LogP contribution in [0.4, 0.5) is 0 Å². The average molecular weight is 357 g/mol. The molecule has 0 radical (unpaired) electrons. The van der Waals surface area contributed by atoms with Gasteiger partial charge in [0.2, 0.25) is 5.91 Å². The number of carbonyl (C=O) groups excluding carboxylic acids is 1. The van der Waals surface area contributed by atoms with Gasteiger partial charge in [0, 0.05) is 22.9 Å². The van der Waals surface area contributed by atoms with E-state index in [9.17, 15) is 4.79 Å². The van der Waals surface area contributed by atoms with Gasteiger partial charge in [-0.3, -0.25) is 4.79 Å². The summed E-state index contributed by atoms with van der Waals surface area (Å²) in [4.78, 5) is 13.2. The third-order valence-corrected chi connectivity index (χ3v) is 5.49. The monoisotopic (exact) mass is 356 g/mol. The first-order valence-electron chi connectivity index (χ1n) is 7.76. The van der Waals surface area contributed by atoms with E-state index < -0.39 is 0 Å². The number of hydrogen-bond acceptors (Lipinski definition) is 4. The number of nitrogens with one attached hydrogen (secondary N) is 1. The SMILES string of the molecule is CC(Sc1ccccc1)C(=O)NCCSCc1ccccc1C#N. The minimum absolute atomic E-state index is 0.0573. The summed E-state index contributed by atoms with van der Waals surface area (Å²) < 4.78 is 0. The number of nitriles is 1. The first-order valence-corrected chi connectivity index (χ1v) is 9.79. The van der Waals surface area contributed by atoms with Crippen LogP contribution in [-0.4, -0.2) is 23.5 Å². The average Bonchev–Trinajstić information content (AvgIpc) is 2.62. The predicted molar refractivity (Wildman–Crippen MR) is 102 cm³/mol. The van der Waals surface area contributed by atoms with E-state index >= 15 is 0 Å². The van der Waals surface area contributed by atoms with Gasteiger partial charge in [-0.2, -0.15) is 17.0 Å². The molecule has 0 heterocycles. The number of thioether (sulfide) groups is 2. The second-order valence-corrected chi connectivity index (χ2v) is 7.71. The fourth-order valence-electron chi connectivity index (χ4n) is 2.08. The van der Waals surface area contributed by atoms with Gasteiger partial charge in [0.15, 0.2) is 0 Å². The van der Waals surface area contributed by atoms with E-state index in [1.54, 1.807) is 23.5 Å². The van der Waals surface area contributed by atoms with Gasteiger partial charge in [0.1, 0.15) is 0 Å². The summed E-state index contributed by atoms with van der Waals surface area (Å²) >= 11 is 3.28. The Kier molecular flexibility index (Phi) is 7.73. The van der Waals surface area contributed by atoms with Gasteiger partial charge >= 0.3 is 0 Å². The summed E-state index contributed by atoms with van der Waals surface area (Å²) in [6.07, 6.45) is 0. The van der Waals surface area contributed by atoms with Gasteiger partial charge in [0.25, 0.3) is 0 Å². The Labute approximate surface area is 151 Å². The Bertz CT molecular complexity index is 698. The molecule has 2 aromatic carbocycles. The lowest BCUT2D eigenvalue weighted by Crippen LogP contribution is -2.32. The first-order chi connectivity index (χ1) is 11.7. The van der Waals surface area contributed by atoms with Crippen LogP contribution in [0.15, 0.2) is 59.5 Å². The van der Waals surface area contributed by atoms with Crippen molar-refractivity contribution in [2.75, 3.05) is 12.3 Å². The van der Waals surface area contributed by atoms with Crippen LogP contribution in [0.3, 0.4) is 0 Å². The molecule has 0 aliphatic heterocycles.